The van der Waals surface area contributed by atoms with E-state index in [2.05, 4.69) is 5.32 Å². The van der Waals surface area contributed by atoms with Crippen molar-refractivity contribution >= 4 is 23.1 Å². The minimum atomic E-state index is -0.453. The average molecular weight is 418 g/mol. The van der Waals surface area contributed by atoms with Gasteiger partial charge in [-0.2, -0.15) is 0 Å². The van der Waals surface area contributed by atoms with E-state index in [4.69, 9.17) is 13.9 Å². The first-order valence-corrected chi connectivity index (χ1v) is 9.71. The van der Waals surface area contributed by atoms with Gasteiger partial charge in [-0.15, -0.1) is 0 Å². The first-order chi connectivity index (χ1) is 15.0. The van der Waals surface area contributed by atoms with Crippen LogP contribution in [-0.2, 0) is 16.1 Å². The van der Waals surface area contributed by atoms with E-state index in [0.29, 0.717) is 28.5 Å². The number of benzene rings is 2. The molecule has 2 aromatic carbocycles. The normalized spacial score (nSPS) is 13.7. The van der Waals surface area contributed by atoms with Gasteiger partial charge in [0.15, 0.2) is 0 Å². The summed E-state index contributed by atoms with van der Waals surface area (Å²) >= 11 is 0. The van der Waals surface area contributed by atoms with Gasteiger partial charge in [-0.3, -0.25) is 14.5 Å². The molecule has 0 radical (unpaired) electrons. The Morgan fingerprint density at radius 1 is 0.935 bits per heavy atom. The molecule has 7 nitrogen and oxygen atoms in total. The Hall–Kier alpha value is -4.00. The standard InChI is InChI=1S/C24H22N2O5/c1-15-10-11-20(30-3)18(13-15)25-22-21(17-8-4-5-9-19(17)29-2)23(27)26(24(22)28)14-16-7-6-12-31-16/h4-13,25H,14H2,1-3H3. The van der Waals surface area contributed by atoms with Crippen LogP contribution in [0.15, 0.2) is 71.0 Å². The number of hydrogen-bond donors (Lipinski definition) is 1. The largest absolute Gasteiger partial charge is 0.496 e. The Kier molecular flexibility index (Phi) is 5.49. The van der Waals surface area contributed by atoms with Crippen LogP contribution >= 0.6 is 0 Å². The predicted molar refractivity (Wildman–Crippen MR) is 116 cm³/mol. The Balaban J connectivity index is 1.83. The van der Waals surface area contributed by atoms with Gasteiger partial charge in [0.1, 0.15) is 23.0 Å². The van der Waals surface area contributed by atoms with E-state index in [1.54, 1.807) is 43.5 Å². The molecule has 2 heterocycles. The van der Waals surface area contributed by atoms with Crippen molar-refractivity contribution in [1.82, 2.24) is 4.90 Å². The molecule has 1 N–H and O–H groups in total. The zero-order chi connectivity index (χ0) is 22.0. The highest BCUT2D eigenvalue weighted by Crippen LogP contribution is 2.37. The molecule has 0 aliphatic carbocycles. The van der Waals surface area contributed by atoms with E-state index < -0.39 is 11.8 Å². The number of carbonyl (C=O) groups excluding carboxylic acids is 2. The third kappa shape index (κ3) is 3.77. The predicted octanol–water partition coefficient (Wildman–Crippen LogP) is 4.00. The Bertz CT molecular complexity index is 1160. The average Bonchev–Trinajstić information content (AvgIpc) is 3.37. The van der Waals surface area contributed by atoms with Crippen LogP contribution in [0.1, 0.15) is 16.9 Å². The number of methoxy groups -OCH3 is 2. The fraction of sp³-hybridized carbons (Fsp3) is 0.167. The molecule has 31 heavy (non-hydrogen) atoms. The maximum atomic E-state index is 13.4. The van der Waals surface area contributed by atoms with Gasteiger partial charge >= 0.3 is 0 Å². The van der Waals surface area contributed by atoms with Crippen LogP contribution in [0.3, 0.4) is 0 Å². The molecule has 0 spiro atoms. The van der Waals surface area contributed by atoms with Crippen LogP contribution in [0, 0.1) is 6.92 Å². The number of furan rings is 1. The fourth-order valence-corrected chi connectivity index (χ4v) is 3.55. The number of ether oxygens (including phenoxy) is 2. The van der Waals surface area contributed by atoms with Gasteiger partial charge < -0.3 is 19.2 Å². The van der Waals surface area contributed by atoms with Crippen LogP contribution in [0.25, 0.3) is 5.57 Å². The van der Waals surface area contributed by atoms with Crippen LogP contribution < -0.4 is 14.8 Å². The van der Waals surface area contributed by atoms with Gasteiger partial charge in [0.25, 0.3) is 11.8 Å². The molecule has 0 saturated heterocycles. The van der Waals surface area contributed by atoms with Gasteiger partial charge in [0, 0.05) is 5.56 Å². The zero-order valence-electron chi connectivity index (χ0n) is 17.5. The lowest BCUT2D eigenvalue weighted by Crippen LogP contribution is -2.31. The summed E-state index contributed by atoms with van der Waals surface area (Å²) in [4.78, 5) is 27.9. The minimum Gasteiger partial charge on any atom is -0.496 e. The number of aryl methyl sites for hydroxylation is 1. The maximum absolute atomic E-state index is 13.4. The number of nitrogens with one attached hydrogen (secondary N) is 1. The fourth-order valence-electron chi connectivity index (χ4n) is 3.55. The van der Waals surface area contributed by atoms with Crippen molar-refractivity contribution in [3.8, 4) is 11.5 Å². The van der Waals surface area contributed by atoms with E-state index in [1.165, 1.54) is 13.4 Å². The van der Waals surface area contributed by atoms with Crippen molar-refractivity contribution < 1.29 is 23.5 Å². The molecule has 0 unspecified atom stereocenters. The molecule has 0 fully saturated rings. The molecule has 3 aromatic rings. The summed E-state index contributed by atoms with van der Waals surface area (Å²) in [5, 5.41) is 3.15. The SMILES string of the molecule is COc1ccc(C)cc1NC1=C(c2ccccc2OC)C(=O)N(Cc2ccco2)C1=O. The summed E-state index contributed by atoms with van der Waals surface area (Å²) in [5.74, 6) is 0.678. The smallest absolute Gasteiger partial charge is 0.278 e. The van der Waals surface area contributed by atoms with E-state index in [0.717, 1.165) is 10.5 Å². The molecular weight excluding hydrogens is 396 g/mol. The van der Waals surface area contributed by atoms with E-state index in [9.17, 15) is 9.59 Å². The van der Waals surface area contributed by atoms with Crippen molar-refractivity contribution in [2.45, 2.75) is 13.5 Å². The second-order valence-corrected chi connectivity index (χ2v) is 7.05. The number of hydrogen-bond acceptors (Lipinski definition) is 6. The first-order valence-electron chi connectivity index (χ1n) is 9.71. The molecule has 4 rings (SSSR count). The van der Waals surface area contributed by atoms with Gasteiger partial charge in [-0.25, -0.2) is 0 Å². The van der Waals surface area contributed by atoms with Crippen molar-refractivity contribution in [2.24, 2.45) is 0 Å². The molecule has 2 amide bonds. The van der Waals surface area contributed by atoms with E-state index in [1.807, 2.05) is 25.1 Å². The molecule has 1 aliphatic heterocycles. The summed E-state index contributed by atoms with van der Waals surface area (Å²) in [6, 6.07) is 16.1. The van der Waals surface area contributed by atoms with Gasteiger partial charge in [0.05, 0.1) is 38.3 Å². The number of nitrogens with zero attached hydrogens (tertiary/aromatic N) is 1. The van der Waals surface area contributed by atoms with Crippen LogP contribution in [0.2, 0.25) is 0 Å². The Labute approximate surface area is 179 Å². The number of imide groups is 1. The molecule has 0 bridgehead atoms. The highest BCUT2D eigenvalue weighted by atomic mass is 16.5. The lowest BCUT2D eigenvalue weighted by Gasteiger charge is -2.15. The molecule has 0 atom stereocenters. The Morgan fingerprint density at radius 2 is 1.71 bits per heavy atom. The highest BCUT2D eigenvalue weighted by molar-refractivity contribution is 6.37. The van der Waals surface area contributed by atoms with Crippen molar-refractivity contribution in [1.29, 1.82) is 0 Å². The maximum Gasteiger partial charge on any atom is 0.278 e. The molecular formula is C24H22N2O5. The number of anilines is 1. The number of amides is 2. The van der Waals surface area contributed by atoms with Gasteiger partial charge in [-0.05, 0) is 42.8 Å². The molecule has 0 saturated carbocycles. The number of para-hydroxylation sites is 1. The summed E-state index contributed by atoms with van der Waals surface area (Å²) in [7, 11) is 3.08. The van der Waals surface area contributed by atoms with Gasteiger partial charge in [0.2, 0.25) is 0 Å². The minimum absolute atomic E-state index is 0.0272. The second kappa shape index (κ2) is 8.39. The molecule has 1 aromatic heterocycles. The molecule has 158 valence electrons. The van der Waals surface area contributed by atoms with Crippen molar-refractivity contribution in [3.63, 3.8) is 0 Å². The first kappa shape index (κ1) is 20.3. The highest BCUT2D eigenvalue weighted by Gasteiger charge is 2.40. The number of carbonyl (C=O) groups is 2. The van der Waals surface area contributed by atoms with Crippen LogP contribution in [0.5, 0.6) is 11.5 Å². The van der Waals surface area contributed by atoms with E-state index >= 15 is 0 Å². The van der Waals surface area contributed by atoms with Crippen LogP contribution in [-0.4, -0.2) is 30.9 Å². The number of rotatable bonds is 7. The molecule has 7 heteroatoms. The third-order valence-corrected chi connectivity index (χ3v) is 5.05. The van der Waals surface area contributed by atoms with Crippen molar-refractivity contribution in [3.05, 3.63) is 83.4 Å². The quantitative estimate of drug-likeness (QED) is 0.584. The van der Waals surface area contributed by atoms with Gasteiger partial charge in [-0.1, -0.05) is 24.3 Å². The summed E-state index contributed by atoms with van der Waals surface area (Å²) in [6.07, 6.45) is 1.51. The molecule has 1 aliphatic rings. The van der Waals surface area contributed by atoms with Crippen molar-refractivity contribution in [2.75, 3.05) is 19.5 Å². The van der Waals surface area contributed by atoms with Crippen LogP contribution in [0.4, 0.5) is 5.69 Å². The monoisotopic (exact) mass is 418 g/mol. The zero-order valence-corrected chi connectivity index (χ0v) is 17.5. The van der Waals surface area contributed by atoms with E-state index in [-0.39, 0.29) is 17.8 Å². The Morgan fingerprint density at radius 3 is 2.42 bits per heavy atom. The topological polar surface area (TPSA) is 81.0 Å². The lowest BCUT2D eigenvalue weighted by atomic mass is 10.0. The summed E-state index contributed by atoms with van der Waals surface area (Å²) in [6.45, 7) is 1.96. The lowest BCUT2D eigenvalue weighted by molar-refractivity contribution is -0.137. The summed E-state index contributed by atoms with van der Waals surface area (Å²) < 4.78 is 16.2. The second-order valence-electron chi connectivity index (χ2n) is 7.05. The summed E-state index contributed by atoms with van der Waals surface area (Å²) in [5.41, 5.74) is 2.49. The third-order valence-electron chi connectivity index (χ3n) is 5.05.